The second kappa shape index (κ2) is 6.23. The van der Waals surface area contributed by atoms with Crippen LogP contribution in [0.15, 0.2) is 29.8 Å². The summed E-state index contributed by atoms with van der Waals surface area (Å²) in [6.45, 7) is 6.31. The predicted molar refractivity (Wildman–Crippen MR) is 87.7 cm³/mol. The number of ether oxygens (including phenoxy) is 1. The normalized spacial score (nSPS) is 19.8. The van der Waals surface area contributed by atoms with Crippen molar-refractivity contribution < 1.29 is 4.74 Å². The molecule has 2 aliphatic rings. The second-order valence-corrected chi connectivity index (χ2v) is 6.98. The molecule has 1 aliphatic carbocycles. The summed E-state index contributed by atoms with van der Waals surface area (Å²) in [4.78, 5) is 0. The first-order valence-corrected chi connectivity index (χ1v) is 8.32. The fourth-order valence-corrected chi connectivity index (χ4v) is 3.42. The zero-order chi connectivity index (χ0) is 14.7. The van der Waals surface area contributed by atoms with Gasteiger partial charge in [-0.3, -0.25) is 0 Å². The molecule has 21 heavy (non-hydrogen) atoms. The van der Waals surface area contributed by atoms with Gasteiger partial charge in [0.2, 0.25) is 0 Å². The highest BCUT2D eigenvalue weighted by molar-refractivity contribution is 5.45. The highest BCUT2D eigenvalue weighted by Crippen LogP contribution is 2.37. The molecule has 0 amide bonds. The van der Waals surface area contributed by atoms with Crippen LogP contribution in [0.3, 0.4) is 0 Å². The van der Waals surface area contributed by atoms with Crippen molar-refractivity contribution in [3.8, 4) is 5.75 Å². The van der Waals surface area contributed by atoms with E-state index in [1.165, 1.54) is 43.2 Å². The molecule has 1 aromatic carbocycles. The van der Waals surface area contributed by atoms with Crippen LogP contribution in [0.5, 0.6) is 5.75 Å². The predicted octanol–water partition coefficient (Wildman–Crippen LogP) is 4.38. The standard InChI is InChI=1S/C19H27NO/c1-19(2)13-16-9-6-10-17(18(16)21-19)14-20-12-11-15-7-4-3-5-8-15/h6-7,9-10,20H,3-5,8,11-14H2,1-2H3. The Morgan fingerprint density at radius 2 is 2.14 bits per heavy atom. The number of benzene rings is 1. The summed E-state index contributed by atoms with van der Waals surface area (Å²) in [7, 11) is 0. The minimum Gasteiger partial charge on any atom is -0.487 e. The van der Waals surface area contributed by atoms with Gasteiger partial charge in [0.1, 0.15) is 11.4 Å². The topological polar surface area (TPSA) is 21.3 Å². The molecule has 1 aromatic rings. The molecule has 1 aliphatic heterocycles. The fourth-order valence-electron chi connectivity index (χ4n) is 3.42. The van der Waals surface area contributed by atoms with Gasteiger partial charge in [-0.05, 0) is 58.1 Å². The summed E-state index contributed by atoms with van der Waals surface area (Å²) in [5.41, 5.74) is 4.25. The molecular weight excluding hydrogens is 258 g/mol. The Bertz CT molecular complexity index is 530. The van der Waals surface area contributed by atoms with Crippen molar-refractivity contribution in [1.82, 2.24) is 5.32 Å². The Hall–Kier alpha value is -1.28. The molecule has 0 aromatic heterocycles. The van der Waals surface area contributed by atoms with Crippen LogP contribution in [0.4, 0.5) is 0 Å². The number of hydrogen-bond acceptors (Lipinski definition) is 2. The van der Waals surface area contributed by atoms with E-state index in [1.54, 1.807) is 5.57 Å². The van der Waals surface area contributed by atoms with Crippen LogP contribution < -0.4 is 10.1 Å². The summed E-state index contributed by atoms with van der Waals surface area (Å²) in [6, 6.07) is 6.54. The van der Waals surface area contributed by atoms with Crippen LogP contribution >= 0.6 is 0 Å². The quantitative estimate of drug-likeness (QED) is 0.640. The molecule has 3 rings (SSSR count). The smallest absolute Gasteiger partial charge is 0.127 e. The minimum atomic E-state index is -0.0503. The van der Waals surface area contributed by atoms with Crippen molar-refractivity contribution in [2.75, 3.05) is 6.54 Å². The lowest BCUT2D eigenvalue weighted by Gasteiger charge is -2.18. The number of nitrogens with one attached hydrogen (secondary N) is 1. The lowest BCUT2D eigenvalue weighted by molar-refractivity contribution is 0.137. The number of rotatable bonds is 5. The van der Waals surface area contributed by atoms with Crippen molar-refractivity contribution >= 4 is 0 Å². The molecule has 1 heterocycles. The molecule has 2 heteroatoms. The molecule has 0 bridgehead atoms. The van der Waals surface area contributed by atoms with E-state index in [2.05, 4.69) is 43.4 Å². The first-order valence-electron chi connectivity index (χ1n) is 8.32. The van der Waals surface area contributed by atoms with Gasteiger partial charge in [-0.1, -0.05) is 29.8 Å². The molecular formula is C19H27NO. The van der Waals surface area contributed by atoms with E-state index in [9.17, 15) is 0 Å². The second-order valence-electron chi connectivity index (χ2n) is 6.98. The van der Waals surface area contributed by atoms with E-state index in [1.807, 2.05) is 0 Å². The lowest BCUT2D eigenvalue weighted by atomic mass is 9.97. The van der Waals surface area contributed by atoms with Crippen LogP contribution in [0.2, 0.25) is 0 Å². The van der Waals surface area contributed by atoms with Gasteiger partial charge in [0.25, 0.3) is 0 Å². The van der Waals surface area contributed by atoms with E-state index >= 15 is 0 Å². The number of allylic oxidation sites excluding steroid dienone is 1. The third-order valence-corrected chi connectivity index (χ3v) is 4.50. The van der Waals surface area contributed by atoms with Gasteiger partial charge in [0.15, 0.2) is 0 Å². The van der Waals surface area contributed by atoms with Crippen molar-refractivity contribution in [3.05, 3.63) is 41.0 Å². The maximum absolute atomic E-state index is 6.12. The van der Waals surface area contributed by atoms with Gasteiger partial charge in [0.05, 0.1) is 0 Å². The highest BCUT2D eigenvalue weighted by atomic mass is 16.5. The third kappa shape index (κ3) is 3.68. The van der Waals surface area contributed by atoms with Crippen LogP contribution in [-0.4, -0.2) is 12.1 Å². The van der Waals surface area contributed by atoms with E-state index in [-0.39, 0.29) is 5.60 Å². The zero-order valence-electron chi connectivity index (χ0n) is 13.4. The molecule has 0 saturated carbocycles. The molecule has 114 valence electrons. The molecule has 2 nitrogen and oxygen atoms in total. The van der Waals surface area contributed by atoms with Gasteiger partial charge in [0, 0.05) is 18.5 Å². The number of fused-ring (bicyclic) bond motifs is 1. The average molecular weight is 285 g/mol. The molecule has 0 fully saturated rings. The van der Waals surface area contributed by atoms with Crippen molar-refractivity contribution in [2.45, 2.75) is 64.5 Å². The van der Waals surface area contributed by atoms with Gasteiger partial charge in [-0.2, -0.15) is 0 Å². The molecule has 0 saturated heterocycles. The Balaban J connectivity index is 1.53. The highest BCUT2D eigenvalue weighted by Gasteiger charge is 2.31. The third-order valence-electron chi connectivity index (χ3n) is 4.50. The first kappa shape index (κ1) is 14.6. The Morgan fingerprint density at radius 3 is 2.95 bits per heavy atom. The van der Waals surface area contributed by atoms with Gasteiger partial charge in [-0.15, -0.1) is 0 Å². The van der Waals surface area contributed by atoms with Crippen LogP contribution in [0, 0.1) is 0 Å². The van der Waals surface area contributed by atoms with Crippen molar-refractivity contribution in [2.24, 2.45) is 0 Å². The summed E-state index contributed by atoms with van der Waals surface area (Å²) in [5, 5.41) is 3.59. The summed E-state index contributed by atoms with van der Waals surface area (Å²) < 4.78 is 6.12. The van der Waals surface area contributed by atoms with Gasteiger partial charge < -0.3 is 10.1 Å². The molecule has 0 radical (unpaired) electrons. The van der Waals surface area contributed by atoms with Gasteiger partial charge >= 0.3 is 0 Å². The first-order chi connectivity index (χ1) is 10.1. The fraction of sp³-hybridized carbons (Fsp3) is 0.579. The Kier molecular flexibility index (Phi) is 4.34. The minimum absolute atomic E-state index is 0.0503. The summed E-state index contributed by atoms with van der Waals surface area (Å²) >= 11 is 0. The maximum Gasteiger partial charge on any atom is 0.127 e. The number of para-hydroxylation sites is 1. The van der Waals surface area contributed by atoms with Crippen LogP contribution in [0.1, 0.15) is 57.1 Å². The molecule has 0 spiro atoms. The van der Waals surface area contributed by atoms with Crippen LogP contribution in [0.25, 0.3) is 0 Å². The molecule has 0 unspecified atom stereocenters. The largest absolute Gasteiger partial charge is 0.487 e. The molecule has 1 N–H and O–H groups in total. The maximum atomic E-state index is 6.12. The van der Waals surface area contributed by atoms with E-state index in [0.717, 1.165) is 25.3 Å². The summed E-state index contributed by atoms with van der Waals surface area (Å²) in [6.07, 6.45) is 9.99. The summed E-state index contributed by atoms with van der Waals surface area (Å²) in [5.74, 6) is 1.12. The van der Waals surface area contributed by atoms with E-state index in [4.69, 9.17) is 4.74 Å². The zero-order valence-corrected chi connectivity index (χ0v) is 13.4. The van der Waals surface area contributed by atoms with Gasteiger partial charge in [-0.25, -0.2) is 0 Å². The Labute approximate surface area is 128 Å². The van der Waals surface area contributed by atoms with Crippen LogP contribution in [-0.2, 0) is 13.0 Å². The monoisotopic (exact) mass is 285 g/mol. The Morgan fingerprint density at radius 1 is 1.24 bits per heavy atom. The lowest BCUT2D eigenvalue weighted by Crippen LogP contribution is -2.25. The van der Waals surface area contributed by atoms with E-state index < -0.39 is 0 Å². The molecule has 0 atom stereocenters. The van der Waals surface area contributed by atoms with Crippen molar-refractivity contribution in [1.29, 1.82) is 0 Å². The number of hydrogen-bond donors (Lipinski definition) is 1. The SMILES string of the molecule is CC1(C)Cc2cccc(CNCCC3=CCCCC3)c2O1. The van der Waals surface area contributed by atoms with E-state index in [0.29, 0.717) is 0 Å². The average Bonchev–Trinajstić information content (AvgIpc) is 2.79. The van der Waals surface area contributed by atoms with Crippen molar-refractivity contribution in [3.63, 3.8) is 0 Å².